The Morgan fingerprint density at radius 1 is 1.06 bits per heavy atom. The van der Waals surface area contributed by atoms with Gasteiger partial charge >= 0.3 is 0 Å². The van der Waals surface area contributed by atoms with Crippen LogP contribution in [0.5, 0.6) is 0 Å². The number of anilines is 1. The maximum atomic E-state index is 10.7. The number of benzene rings is 2. The fraction of sp³-hybridized carbons (Fsp3) is 0.143. The van der Waals surface area contributed by atoms with E-state index < -0.39 is 5.60 Å². The number of halogens is 2. The normalized spacial score (nSPS) is 14.2. The van der Waals surface area contributed by atoms with Gasteiger partial charge in [0.15, 0.2) is 0 Å². The summed E-state index contributed by atoms with van der Waals surface area (Å²) in [7, 11) is 0. The van der Waals surface area contributed by atoms with Crippen molar-refractivity contribution in [2.75, 3.05) is 5.73 Å². The molecule has 0 saturated heterocycles. The third-order valence-corrected chi connectivity index (χ3v) is 3.50. The molecule has 0 aliphatic rings. The molecule has 94 valence electrons. The first kappa shape index (κ1) is 13.2. The van der Waals surface area contributed by atoms with Gasteiger partial charge in [0.25, 0.3) is 0 Å². The van der Waals surface area contributed by atoms with Gasteiger partial charge in [0.2, 0.25) is 0 Å². The first-order valence-electron chi connectivity index (χ1n) is 5.46. The molecule has 2 nitrogen and oxygen atoms in total. The fourth-order valence-electron chi connectivity index (χ4n) is 1.95. The second kappa shape index (κ2) is 4.81. The summed E-state index contributed by atoms with van der Waals surface area (Å²) in [4.78, 5) is 0. The number of aliphatic hydroxyl groups is 1. The second-order valence-corrected chi connectivity index (χ2v) is 5.13. The van der Waals surface area contributed by atoms with Crippen molar-refractivity contribution in [1.29, 1.82) is 0 Å². The van der Waals surface area contributed by atoms with Crippen LogP contribution in [0.25, 0.3) is 0 Å². The minimum atomic E-state index is -1.28. The quantitative estimate of drug-likeness (QED) is 0.822. The van der Waals surface area contributed by atoms with Crippen LogP contribution < -0.4 is 5.73 Å². The van der Waals surface area contributed by atoms with E-state index in [-0.39, 0.29) is 0 Å². The van der Waals surface area contributed by atoms with Crippen LogP contribution in [0.3, 0.4) is 0 Å². The van der Waals surface area contributed by atoms with E-state index in [1.165, 1.54) is 0 Å². The van der Waals surface area contributed by atoms with Gasteiger partial charge in [-0.05, 0) is 31.2 Å². The number of nitrogen functional groups attached to an aromatic ring is 1. The largest absolute Gasteiger partial charge is 0.398 e. The Bertz CT molecular complexity index is 582. The molecule has 1 atom stereocenters. The second-order valence-electron chi connectivity index (χ2n) is 4.28. The summed E-state index contributed by atoms with van der Waals surface area (Å²) < 4.78 is 0. The van der Waals surface area contributed by atoms with E-state index in [0.717, 1.165) is 0 Å². The molecular weight excluding hydrogens is 269 g/mol. The average molecular weight is 282 g/mol. The Morgan fingerprint density at radius 2 is 1.72 bits per heavy atom. The van der Waals surface area contributed by atoms with Gasteiger partial charge in [0, 0.05) is 26.9 Å². The van der Waals surface area contributed by atoms with Crippen LogP contribution in [0.4, 0.5) is 5.69 Å². The maximum Gasteiger partial charge on any atom is 0.115 e. The van der Waals surface area contributed by atoms with Gasteiger partial charge < -0.3 is 10.8 Å². The van der Waals surface area contributed by atoms with Gasteiger partial charge in [0.05, 0.1) is 0 Å². The van der Waals surface area contributed by atoms with E-state index in [0.29, 0.717) is 26.9 Å². The molecule has 0 aliphatic heterocycles. The summed E-state index contributed by atoms with van der Waals surface area (Å²) in [6.45, 7) is 1.65. The average Bonchev–Trinajstić information content (AvgIpc) is 2.32. The van der Waals surface area contributed by atoms with Crippen molar-refractivity contribution in [3.63, 3.8) is 0 Å². The molecule has 0 aromatic heterocycles. The topological polar surface area (TPSA) is 46.2 Å². The van der Waals surface area contributed by atoms with Gasteiger partial charge in [-0.25, -0.2) is 0 Å². The minimum absolute atomic E-state index is 0.476. The zero-order valence-corrected chi connectivity index (χ0v) is 11.3. The molecule has 2 rings (SSSR count). The van der Waals surface area contributed by atoms with Crippen LogP contribution in [0.2, 0.25) is 10.0 Å². The SMILES string of the molecule is CC(O)(c1cc(Cl)ccc1N)c1ccccc1Cl. The lowest BCUT2D eigenvalue weighted by Gasteiger charge is -2.27. The van der Waals surface area contributed by atoms with Crippen molar-refractivity contribution in [2.45, 2.75) is 12.5 Å². The molecular formula is C14H13Cl2NO. The van der Waals surface area contributed by atoms with Crippen LogP contribution >= 0.6 is 23.2 Å². The van der Waals surface area contributed by atoms with Gasteiger partial charge in [-0.15, -0.1) is 0 Å². The van der Waals surface area contributed by atoms with Crippen molar-refractivity contribution in [3.05, 3.63) is 63.6 Å². The van der Waals surface area contributed by atoms with Crippen LogP contribution in [0.15, 0.2) is 42.5 Å². The van der Waals surface area contributed by atoms with E-state index in [4.69, 9.17) is 28.9 Å². The predicted molar refractivity (Wildman–Crippen MR) is 76.0 cm³/mol. The van der Waals surface area contributed by atoms with Crippen LogP contribution in [0, 0.1) is 0 Å². The van der Waals surface area contributed by atoms with Crippen LogP contribution in [0.1, 0.15) is 18.1 Å². The lowest BCUT2D eigenvalue weighted by Crippen LogP contribution is -2.24. The molecule has 4 heteroatoms. The monoisotopic (exact) mass is 281 g/mol. The number of hydrogen-bond donors (Lipinski definition) is 2. The third kappa shape index (κ3) is 2.32. The smallest absolute Gasteiger partial charge is 0.115 e. The molecule has 0 fully saturated rings. The van der Waals surface area contributed by atoms with Crippen molar-refractivity contribution in [1.82, 2.24) is 0 Å². The summed E-state index contributed by atoms with van der Waals surface area (Å²) in [5.41, 5.74) is 6.24. The van der Waals surface area contributed by atoms with E-state index in [2.05, 4.69) is 0 Å². The predicted octanol–water partition coefficient (Wildman–Crippen LogP) is 3.83. The molecule has 0 spiro atoms. The summed E-state index contributed by atoms with van der Waals surface area (Å²) in [6, 6.07) is 12.1. The zero-order chi connectivity index (χ0) is 13.3. The molecule has 18 heavy (non-hydrogen) atoms. The summed E-state index contributed by atoms with van der Waals surface area (Å²) in [5, 5.41) is 11.7. The Balaban J connectivity index is 2.61. The third-order valence-electron chi connectivity index (χ3n) is 2.94. The van der Waals surface area contributed by atoms with Gasteiger partial charge in [-0.2, -0.15) is 0 Å². The van der Waals surface area contributed by atoms with Crippen molar-refractivity contribution in [2.24, 2.45) is 0 Å². The molecule has 2 aromatic rings. The van der Waals surface area contributed by atoms with E-state index in [9.17, 15) is 5.11 Å². The van der Waals surface area contributed by atoms with Gasteiger partial charge in [-0.3, -0.25) is 0 Å². The first-order chi connectivity index (χ1) is 8.43. The van der Waals surface area contributed by atoms with Crippen LogP contribution in [-0.4, -0.2) is 5.11 Å². The summed E-state index contributed by atoms with van der Waals surface area (Å²) >= 11 is 12.1. The standard InChI is InChI=1S/C14H13Cl2NO/c1-14(18,10-4-2-3-5-12(10)16)11-8-9(15)6-7-13(11)17/h2-8,18H,17H2,1H3. The number of nitrogens with two attached hydrogens (primary N) is 1. The fourth-order valence-corrected chi connectivity index (χ4v) is 2.44. The zero-order valence-electron chi connectivity index (χ0n) is 9.82. The Labute approximate surface area is 116 Å². The molecule has 0 amide bonds. The number of rotatable bonds is 2. The summed E-state index contributed by atoms with van der Waals surface area (Å²) in [6.07, 6.45) is 0. The van der Waals surface area contributed by atoms with E-state index in [1.807, 2.05) is 12.1 Å². The molecule has 0 aliphatic carbocycles. The van der Waals surface area contributed by atoms with Crippen molar-refractivity contribution in [3.8, 4) is 0 Å². The minimum Gasteiger partial charge on any atom is -0.398 e. The first-order valence-corrected chi connectivity index (χ1v) is 6.21. The summed E-state index contributed by atoms with van der Waals surface area (Å²) in [5.74, 6) is 0. The highest BCUT2D eigenvalue weighted by Crippen LogP contribution is 2.37. The number of hydrogen-bond acceptors (Lipinski definition) is 2. The molecule has 0 radical (unpaired) electrons. The van der Waals surface area contributed by atoms with Crippen molar-refractivity contribution >= 4 is 28.9 Å². The Morgan fingerprint density at radius 3 is 2.39 bits per heavy atom. The van der Waals surface area contributed by atoms with E-state index >= 15 is 0 Å². The van der Waals surface area contributed by atoms with Crippen LogP contribution in [-0.2, 0) is 5.60 Å². The molecule has 0 bridgehead atoms. The molecule has 0 saturated carbocycles. The van der Waals surface area contributed by atoms with Gasteiger partial charge in [0.1, 0.15) is 5.60 Å². The highest BCUT2D eigenvalue weighted by atomic mass is 35.5. The Hall–Kier alpha value is -1.22. The lowest BCUT2D eigenvalue weighted by molar-refractivity contribution is 0.103. The highest BCUT2D eigenvalue weighted by Gasteiger charge is 2.29. The highest BCUT2D eigenvalue weighted by molar-refractivity contribution is 6.31. The molecule has 1 unspecified atom stereocenters. The van der Waals surface area contributed by atoms with Crippen molar-refractivity contribution < 1.29 is 5.11 Å². The molecule has 2 aromatic carbocycles. The van der Waals surface area contributed by atoms with Gasteiger partial charge in [-0.1, -0.05) is 41.4 Å². The molecule has 3 N–H and O–H groups in total. The lowest BCUT2D eigenvalue weighted by atomic mass is 9.87. The molecule has 0 heterocycles. The maximum absolute atomic E-state index is 10.7. The van der Waals surface area contributed by atoms with E-state index in [1.54, 1.807) is 37.3 Å². The Kier molecular flexibility index (Phi) is 3.53.